The zero-order valence-electron chi connectivity index (χ0n) is 13.6. The van der Waals surface area contributed by atoms with Crippen LogP contribution in [-0.4, -0.2) is 30.1 Å². The molecule has 1 aromatic carbocycles. The molecule has 0 spiro atoms. The highest BCUT2D eigenvalue weighted by atomic mass is 15.2. The van der Waals surface area contributed by atoms with E-state index in [1.807, 2.05) is 0 Å². The third-order valence-electron chi connectivity index (χ3n) is 6.15. The first-order valence-electron chi connectivity index (χ1n) is 8.67. The molecule has 1 saturated carbocycles. The second-order valence-corrected chi connectivity index (χ2v) is 7.34. The number of nitrogens with two attached hydrogens (primary N) is 1. The van der Waals surface area contributed by atoms with E-state index >= 15 is 0 Å². The fraction of sp³-hybridized carbons (Fsp3) is 0.684. The van der Waals surface area contributed by atoms with Crippen molar-refractivity contribution in [3.63, 3.8) is 0 Å². The molecule has 2 N–H and O–H groups in total. The van der Waals surface area contributed by atoms with Crippen LogP contribution in [0.1, 0.15) is 44.2 Å². The Morgan fingerprint density at radius 2 is 1.76 bits per heavy atom. The summed E-state index contributed by atoms with van der Waals surface area (Å²) in [6.07, 6.45) is 6.31. The molecule has 1 fully saturated rings. The quantitative estimate of drug-likeness (QED) is 0.904. The summed E-state index contributed by atoms with van der Waals surface area (Å²) >= 11 is 0. The minimum absolute atomic E-state index is 0.245. The lowest BCUT2D eigenvalue weighted by Gasteiger charge is -2.51. The van der Waals surface area contributed by atoms with Crippen LogP contribution in [-0.2, 0) is 12.8 Å². The van der Waals surface area contributed by atoms with Crippen LogP contribution in [0.3, 0.4) is 0 Å². The Bertz CT molecular complexity index is 457. The van der Waals surface area contributed by atoms with Gasteiger partial charge >= 0.3 is 0 Å². The van der Waals surface area contributed by atoms with Crippen LogP contribution >= 0.6 is 0 Å². The highest BCUT2D eigenvalue weighted by Crippen LogP contribution is 2.41. The van der Waals surface area contributed by atoms with E-state index in [0.717, 1.165) is 12.5 Å². The maximum Gasteiger partial charge on any atom is 0.0357 e. The standard InChI is InChI=1S/C19H30N2/c1-15-7-10-19(14-20,16(2)13-15)21-11-8-17-5-3-4-6-18(17)9-12-21/h3-6,15-16H,7-14,20H2,1-2H3. The van der Waals surface area contributed by atoms with Gasteiger partial charge in [-0.1, -0.05) is 38.1 Å². The Hall–Kier alpha value is -0.860. The first-order chi connectivity index (χ1) is 10.2. The molecule has 1 aromatic rings. The zero-order chi connectivity index (χ0) is 14.9. The third kappa shape index (κ3) is 2.76. The van der Waals surface area contributed by atoms with Gasteiger partial charge in [-0.05, 0) is 55.1 Å². The molecule has 2 heteroatoms. The molecule has 3 rings (SSSR count). The monoisotopic (exact) mass is 286 g/mol. The van der Waals surface area contributed by atoms with Crippen LogP contribution < -0.4 is 5.73 Å². The lowest BCUT2D eigenvalue weighted by Crippen LogP contribution is -2.60. The number of fused-ring (bicyclic) bond motifs is 1. The second kappa shape index (κ2) is 6.10. The fourth-order valence-electron chi connectivity index (χ4n) is 4.70. The minimum atomic E-state index is 0.245. The van der Waals surface area contributed by atoms with E-state index in [-0.39, 0.29) is 5.54 Å². The summed E-state index contributed by atoms with van der Waals surface area (Å²) in [4.78, 5) is 2.74. The second-order valence-electron chi connectivity index (χ2n) is 7.34. The molecule has 116 valence electrons. The summed E-state index contributed by atoms with van der Waals surface area (Å²) in [5.74, 6) is 1.58. The number of benzene rings is 1. The molecule has 1 heterocycles. The number of hydrogen-bond donors (Lipinski definition) is 1. The van der Waals surface area contributed by atoms with Crippen molar-refractivity contribution in [1.82, 2.24) is 4.90 Å². The van der Waals surface area contributed by atoms with Gasteiger partial charge < -0.3 is 5.73 Å². The number of nitrogens with zero attached hydrogens (tertiary/aromatic N) is 1. The van der Waals surface area contributed by atoms with E-state index < -0.39 is 0 Å². The molecule has 1 aliphatic carbocycles. The lowest BCUT2D eigenvalue weighted by molar-refractivity contribution is 0.00247. The van der Waals surface area contributed by atoms with Gasteiger partial charge in [-0.25, -0.2) is 0 Å². The molecule has 0 bridgehead atoms. The van der Waals surface area contributed by atoms with E-state index in [4.69, 9.17) is 5.73 Å². The van der Waals surface area contributed by atoms with Crippen molar-refractivity contribution in [3.05, 3.63) is 35.4 Å². The van der Waals surface area contributed by atoms with Crippen molar-refractivity contribution in [2.24, 2.45) is 17.6 Å². The van der Waals surface area contributed by atoms with Crippen molar-refractivity contribution < 1.29 is 0 Å². The molecule has 0 aromatic heterocycles. The first-order valence-corrected chi connectivity index (χ1v) is 8.67. The van der Waals surface area contributed by atoms with Crippen molar-refractivity contribution in [2.45, 2.75) is 51.5 Å². The Balaban J connectivity index is 1.80. The maximum absolute atomic E-state index is 6.32. The van der Waals surface area contributed by atoms with Crippen molar-refractivity contribution in [2.75, 3.05) is 19.6 Å². The molecule has 2 aliphatic rings. The van der Waals surface area contributed by atoms with Gasteiger partial charge in [-0.2, -0.15) is 0 Å². The van der Waals surface area contributed by atoms with Gasteiger partial charge in [0.25, 0.3) is 0 Å². The van der Waals surface area contributed by atoms with Gasteiger partial charge in [0.2, 0.25) is 0 Å². The summed E-state index contributed by atoms with van der Waals surface area (Å²) in [5, 5.41) is 0. The molecule has 0 saturated heterocycles. The van der Waals surface area contributed by atoms with Crippen LogP contribution in [0, 0.1) is 11.8 Å². The average molecular weight is 286 g/mol. The van der Waals surface area contributed by atoms with Crippen molar-refractivity contribution in [3.8, 4) is 0 Å². The van der Waals surface area contributed by atoms with E-state index in [0.29, 0.717) is 5.92 Å². The summed E-state index contributed by atoms with van der Waals surface area (Å²) in [5.41, 5.74) is 9.65. The highest BCUT2D eigenvalue weighted by Gasteiger charge is 2.43. The Labute approximate surface area is 129 Å². The van der Waals surface area contributed by atoms with E-state index in [9.17, 15) is 0 Å². The Morgan fingerprint density at radius 3 is 2.29 bits per heavy atom. The van der Waals surface area contributed by atoms with Gasteiger partial charge in [0, 0.05) is 25.2 Å². The summed E-state index contributed by atoms with van der Waals surface area (Å²) in [7, 11) is 0. The van der Waals surface area contributed by atoms with Crippen LogP contribution in [0.2, 0.25) is 0 Å². The van der Waals surface area contributed by atoms with Gasteiger partial charge in [0.15, 0.2) is 0 Å². The molecule has 0 radical (unpaired) electrons. The van der Waals surface area contributed by atoms with Gasteiger partial charge in [-0.15, -0.1) is 0 Å². The van der Waals surface area contributed by atoms with Gasteiger partial charge in [-0.3, -0.25) is 4.90 Å². The molecule has 0 amide bonds. The topological polar surface area (TPSA) is 29.3 Å². The molecular formula is C19H30N2. The molecule has 3 unspecified atom stereocenters. The normalized spacial score (nSPS) is 34.2. The Kier molecular flexibility index (Phi) is 4.37. The average Bonchev–Trinajstić information content (AvgIpc) is 2.71. The molecule has 1 aliphatic heterocycles. The highest BCUT2D eigenvalue weighted by molar-refractivity contribution is 5.29. The van der Waals surface area contributed by atoms with Crippen LogP contribution in [0.25, 0.3) is 0 Å². The summed E-state index contributed by atoms with van der Waals surface area (Å²) in [6.45, 7) is 7.99. The predicted octanol–water partition coefficient (Wildman–Crippen LogP) is 3.24. The third-order valence-corrected chi connectivity index (χ3v) is 6.15. The van der Waals surface area contributed by atoms with E-state index in [1.54, 1.807) is 11.1 Å². The lowest BCUT2D eigenvalue weighted by atomic mass is 9.69. The smallest absolute Gasteiger partial charge is 0.0357 e. The molecule has 3 atom stereocenters. The van der Waals surface area contributed by atoms with Crippen LogP contribution in [0.4, 0.5) is 0 Å². The summed E-state index contributed by atoms with van der Waals surface area (Å²) in [6, 6.07) is 8.97. The summed E-state index contributed by atoms with van der Waals surface area (Å²) < 4.78 is 0. The van der Waals surface area contributed by atoms with E-state index in [1.165, 1.54) is 45.2 Å². The Morgan fingerprint density at radius 1 is 1.14 bits per heavy atom. The molecular weight excluding hydrogens is 256 g/mol. The van der Waals surface area contributed by atoms with Crippen LogP contribution in [0.15, 0.2) is 24.3 Å². The molecule has 2 nitrogen and oxygen atoms in total. The predicted molar refractivity (Wildman–Crippen MR) is 89.4 cm³/mol. The van der Waals surface area contributed by atoms with Crippen LogP contribution in [0.5, 0.6) is 0 Å². The SMILES string of the molecule is CC1CCC(CN)(N2CCc3ccccc3CC2)C(C)C1. The first kappa shape index (κ1) is 15.1. The largest absolute Gasteiger partial charge is 0.329 e. The molecule has 21 heavy (non-hydrogen) atoms. The van der Waals surface area contributed by atoms with E-state index in [2.05, 4.69) is 43.0 Å². The zero-order valence-corrected chi connectivity index (χ0v) is 13.6. The number of rotatable bonds is 2. The van der Waals surface area contributed by atoms with Gasteiger partial charge in [0.1, 0.15) is 0 Å². The van der Waals surface area contributed by atoms with Gasteiger partial charge in [0.05, 0.1) is 0 Å². The number of hydrogen-bond acceptors (Lipinski definition) is 2. The minimum Gasteiger partial charge on any atom is -0.329 e. The maximum atomic E-state index is 6.32. The van der Waals surface area contributed by atoms with Crippen molar-refractivity contribution >= 4 is 0 Å². The fourth-order valence-corrected chi connectivity index (χ4v) is 4.70. The van der Waals surface area contributed by atoms with Crippen molar-refractivity contribution in [1.29, 1.82) is 0 Å².